The van der Waals surface area contributed by atoms with Gasteiger partial charge in [-0.2, -0.15) is 4.98 Å². The monoisotopic (exact) mass is 274 g/mol. The third kappa shape index (κ3) is 2.89. The third-order valence-electron chi connectivity index (χ3n) is 3.59. The molecule has 0 bridgehead atoms. The van der Waals surface area contributed by atoms with E-state index >= 15 is 0 Å². The van der Waals surface area contributed by atoms with E-state index in [2.05, 4.69) is 10.1 Å². The lowest BCUT2D eigenvalue weighted by molar-refractivity contribution is 0.0751. The van der Waals surface area contributed by atoms with Crippen LogP contribution in [0, 0.1) is 5.92 Å². The predicted octanol–water partition coefficient (Wildman–Crippen LogP) is 2.44. The first-order valence-corrected chi connectivity index (χ1v) is 6.86. The summed E-state index contributed by atoms with van der Waals surface area (Å²) in [5.41, 5.74) is 0.845. The summed E-state index contributed by atoms with van der Waals surface area (Å²) in [5.74, 6) is 1.54. The van der Waals surface area contributed by atoms with E-state index in [1.54, 1.807) is 7.11 Å². The molecular weight excluding hydrogens is 256 g/mol. The molecule has 1 aromatic heterocycles. The van der Waals surface area contributed by atoms with E-state index in [0.717, 1.165) is 18.4 Å². The summed E-state index contributed by atoms with van der Waals surface area (Å²) in [6.07, 6.45) is 1.90. The normalized spacial score (nSPS) is 17.9. The van der Waals surface area contributed by atoms with E-state index in [1.807, 2.05) is 30.3 Å². The Labute approximate surface area is 117 Å². The topological polar surface area (TPSA) is 68.4 Å². The minimum atomic E-state index is -0.633. The van der Waals surface area contributed by atoms with Gasteiger partial charge in [0.2, 0.25) is 11.7 Å². The Balaban J connectivity index is 1.68. The molecule has 1 aliphatic rings. The van der Waals surface area contributed by atoms with E-state index in [9.17, 15) is 5.11 Å². The summed E-state index contributed by atoms with van der Waals surface area (Å²) in [6.45, 7) is 0. The van der Waals surface area contributed by atoms with Gasteiger partial charge in [-0.15, -0.1) is 0 Å². The molecule has 20 heavy (non-hydrogen) atoms. The first-order valence-electron chi connectivity index (χ1n) is 6.86. The maximum absolute atomic E-state index is 10.1. The molecule has 2 aromatic rings. The standard InChI is InChI=1S/C15H18N2O3/c1-19-14(11-7-8-11)15-16-13(20-17-15)9-12(18)10-5-3-2-4-6-10/h2-6,11-12,14,18H,7-9H2,1H3. The second-order valence-electron chi connectivity index (χ2n) is 5.17. The van der Waals surface area contributed by atoms with Gasteiger partial charge >= 0.3 is 0 Å². The number of ether oxygens (including phenoxy) is 1. The number of rotatable bonds is 6. The van der Waals surface area contributed by atoms with E-state index in [1.165, 1.54) is 0 Å². The van der Waals surface area contributed by atoms with E-state index in [-0.39, 0.29) is 6.10 Å². The molecule has 1 saturated carbocycles. The molecule has 106 valence electrons. The summed E-state index contributed by atoms with van der Waals surface area (Å²) in [7, 11) is 1.66. The average Bonchev–Trinajstić information content (AvgIpc) is 3.21. The third-order valence-corrected chi connectivity index (χ3v) is 3.59. The number of nitrogens with zero attached hydrogens (tertiary/aromatic N) is 2. The molecule has 1 aliphatic carbocycles. The predicted molar refractivity (Wildman–Crippen MR) is 71.9 cm³/mol. The minimum Gasteiger partial charge on any atom is -0.388 e. The fraction of sp³-hybridized carbons (Fsp3) is 0.467. The smallest absolute Gasteiger partial charge is 0.229 e. The fourth-order valence-electron chi connectivity index (χ4n) is 2.33. The molecule has 1 fully saturated rings. The van der Waals surface area contributed by atoms with Gasteiger partial charge in [-0.1, -0.05) is 35.5 Å². The number of aliphatic hydroxyl groups is 1. The highest BCUT2D eigenvalue weighted by atomic mass is 16.5. The van der Waals surface area contributed by atoms with Gasteiger partial charge in [0.25, 0.3) is 0 Å². The molecule has 0 spiro atoms. The van der Waals surface area contributed by atoms with Crippen molar-refractivity contribution < 1.29 is 14.4 Å². The number of aromatic nitrogens is 2. The molecule has 0 saturated heterocycles. The van der Waals surface area contributed by atoms with Crippen molar-refractivity contribution in [2.75, 3.05) is 7.11 Å². The van der Waals surface area contributed by atoms with Gasteiger partial charge in [-0.25, -0.2) is 0 Å². The van der Waals surface area contributed by atoms with Crippen LogP contribution in [0.15, 0.2) is 34.9 Å². The fourth-order valence-corrected chi connectivity index (χ4v) is 2.33. The molecule has 2 unspecified atom stereocenters. The van der Waals surface area contributed by atoms with Crippen molar-refractivity contribution in [1.29, 1.82) is 0 Å². The van der Waals surface area contributed by atoms with Crippen LogP contribution in [0.2, 0.25) is 0 Å². The van der Waals surface area contributed by atoms with Crippen molar-refractivity contribution in [1.82, 2.24) is 10.1 Å². The van der Waals surface area contributed by atoms with Crippen LogP contribution >= 0.6 is 0 Å². The van der Waals surface area contributed by atoms with Gasteiger partial charge in [0.1, 0.15) is 6.10 Å². The summed E-state index contributed by atoms with van der Waals surface area (Å²) in [6, 6.07) is 9.46. The Hall–Kier alpha value is -1.72. The van der Waals surface area contributed by atoms with Crippen LogP contribution in [0.4, 0.5) is 0 Å². The second-order valence-corrected chi connectivity index (χ2v) is 5.17. The van der Waals surface area contributed by atoms with E-state index in [0.29, 0.717) is 24.1 Å². The quantitative estimate of drug-likeness (QED) is 0.876. The van der Waals surface area contributed by atoms with Crippen LogP contribution in [0.1, 0.15) is 42.3 Å². The Morgan fingerprint density at radius 1 is 1.35 bits per heavy atom. The van der Waals surface area contributed by atoms with Crippen molar-refractivity contribution in [2.45, 2.75) is 31.5 Å². The van der Waals surface area contributed by atoms with E-state index < -0.39 is 6.10 Å². The van der Waals surface area contributed by atoms with Crippen LogP contribution in [-0.2, 0) is 11.2 Å². The van der Waals surface area contributed by atoms with Gasteiger partial charge in [0, 0.05) is 7.11 Å². The molecule has 5 nitrogen and oxygen atoms in total. The molecule has 1 aromatic carbocycles. The Bertz CT molecular complexity index is 551. The lowest BCUT2D eigenvalue weighted by atomic mass is 10.1. The van der Waals surface area contributed by atoms with E-state index in [4.69, 9.17) is 9.26 Å². The molecule has 2 atom stereocenters. The van der Waals surface area contributed by atoms with Crippen LogP contribution in [0.25, 0.3) is 0 Å². The van der Waals surface area contributed by atoms with Crippen LogP contribution < -0.4 is 0 Å². The maximum Gasteiger partial charge on any atom is 0.229 e. The van der Waals surface area contributed by atoms with Crippen molar-refractivity contribution >= 4 is 0 Å². The van der Waals surface area contributed by atoms with Gasteiger partial charge in [0.05, 0.1) is 12.5 Å². The highest BCUT2D eigenvalue weighted by Crippen LogP contribution is 2.41. The lowest BCUT2D eigenvalue weighted by Gasteiger charge is -2.08. The van der Waals surface area contributed by atoms with Crippen LogP contribution in [-0.4, -0.2) is 22.4 Å². The Morgan fingerprint density at radius 2 is 2.10 bits per heavy atom. The Kier molecular flexibility index (Phi) is 3.80. The van der Waals surface area contributed by atoms with Gasteiger partial charge in [-0.05, 0) is 24.3 Å². The van der Waals surface area contributed by atoms with Crippen molar-refractivity contribution in [3.63, 3.8) is 0 Å². The van der Waals surface area contributed by atoms with Gasteiger partial charge in [0.15, 0.2) is 0 Å². The molecule has 0 radical (unpaired) electrons. The highest BCUT2D eigenvalue weighted by Gasteiger charge is 2.35. The molecule has 1 N–H and O–H groups in total. The zero-order chi connectivity index (χ0) is 13.9. The highest BCUT2D eigenvalue weighted by molar-refractivity contribution is 5.18. The number of benzene rings is 1. The molecule has 0 aliphatic heterocycles. The summed E-state index contributed by atoms with van der Waals surface area (Å²) in [4.78, 5) is 4.35. The van der Waals surface area contributed by atoms with Crippen LogP contribution in [0.3, 0.4) is 0 Å². The summed E-state index contributed by atoms with van der Waals surface area (Å²) >= 11 is 0. The number of hydrogen-bond donors (Lipinski definition) is 1. The summed E-state index contributed by atoms with van der Waals surface area (Å²) < 4.78 is 10.6. The lowest BCUT2D eigenvalue weighted by Crippen LogP contribution is -2.06. The van der Waals surface area contributed by atoms with Gasteiger partial charge < -0.3 is 14.4 Å². The average molecular weight is 274 g/mol. The number of hydrogen-bond acceptors (Lipinski definition) is 5. The van der Waals surface area contributed by atoms with Crippen LogP contribution in [0.5, 0.6) is 0 Å². The van der Waals surface area contributed by atoms with Crippen molar-refractivity contribution in [3.05, 3.63) is 47.6 Å². The number of aliphatic hydroxyl groups excluding tert-OH is 1. The SMILES string of the molecule is COC(c1noc(CC(O)c2ccccc2)n1)C1CC1. The second kappa shape index (κ2) is 5.73. The van der Waals surface area contributed by atoms with Gasteiger partial charge in [-0.3, -0.25) is 0 Å². The first-order chi connectivity index (χ1) is 9.78. The molecule has 1 heterocycles. The van der Waals surface area contributed by atoms with Crippen molar-refractivity contribution in [3.8, 4) is 0 Å². The molecule has 3 rings (SSSR count). The first kappa shape index (κ1) is 13.3. The minimum absolute atomic E-state index is 0.0821. The molecular formula is C15H18N2O3. The summed E-state index contributed by atoms with van der Waals surface area (Å²) in [5, 5.41) is 14.1. The molecule has 5 heteroatoms. The number of methoxy groups -OCH3 is 1. The largest absolute Gasteiger partial charge is 0.388 e. The zero-order valence-corrected chi connectivity index (χ0v) is 11.4. The van der Waals surface area contributed by atoms with Crippen molar-refractivity contribution in [2.24, 2.45) is 5.92 Å². The molecule has 0 amide bonds. The maximum atomic E-state index is 10.1. The Morgan fingerprint density at radius 3 is 2.75 bits per heavy atom. The zero-order valence-electron chi connectivity index (χ0n) is 11.4.